The van der Waals surface area contributed by atoms with Crippen LogP contribution >= 0.6 is 0 Å². The molecule has 10 heavy (non-hydrogen) atoms. The molecule has 0 bridgehead atoms. The van der Waals surface area contributed by atoms with Gasteiger partial charge in [-0.05, 0) is 12.5 Å². The molecule has 54 valence electrons. The molecule has 0 aliphatic rings. The molecule has 0 fully saturated rings. The summed E-state index contributed by atoms with van der Waals surface area (Å²) in [6, 6.07) is 8.42. The summed E-state index contributed by atoms with van der Waals surface area (Å²) in [7, 11) is 0.822. The van der Waals surface area contributed by atoms with E-state index in [-0.39, 0.29) is 0 Å². The fraction of sp³-hybridized carbons (Fsp3) is 0.250. The number of aryl methyl sites for hydroxylation is 1. The second-order valence-corrected chi connectivity index (χ2v) is 3.00. The normalized spacial score (nSPS) is 10.1. The molecule has 0 spiro atoms. The molecule has 0 aliphatic heterocycles. The van der Waals surface area contributed by atoms with Crippen LogP contribution in [0.4, 0.5) is 0 Å². The molecule has 0 aromatic heterocycles. The largest absolute Gasteiger partial charge is 0.424 e. The zero-order valence-corrected chi connectivity index (χ0v) is 8.42. The van der Waals surface area contributed by atoms with E-state index in [0.717, 1.165) is 17.1 Å². The SMILES string of the molecule is Cc1ccc(CO[SiH3])cc1. The number of hydrogen-bond acceptors (Lipinski definition) is 1. The Morgan fingerprint density at radius 3 is 2.40 bits per heavy atom. The lowest BCUT2D eigenvalue weighted by molar-refractivity contribution is 0.338. The first-order valence-electron chi connectivity index (χ1n) is 3.37. The van der Waals surface area contributed by atoms with E-state index in [4.69, 9.17) is 4.43 Å². The highest BCUT2D eigenvalue weighted by molar-refractivity contribution is 5.97. The highest BCUT2D eigenvalue weighted by Gasteiger charge is 1.87. The van der Waals surface area contributed by atoms with E-state index in [2.05, 4.69) is 31.2 Å². The predicted octanol–water partition coefficient (Wildman–Crippen LogP) is 0.792. The van der Waals surface area contributed by atoms with Crippen LogP contribution < -0.4 is 0 Å². The molecule has 0 saturated carbocycles. The average molecular weight is 152 g/mol. The Morgan fingerprint density at radius 1 is 1.30 bits per heavy atom. The maximum absolute atomic E-state index is 5.11. The second-order valence-electron chi connectivity index (χ2n) is 2.42. The third kappa shape index (κ3) is 1.97. The topological polar surface area (TPSA) is 9.23 Å². The summed E-state index contributed by atoms with van der Waals surface area (Å²) >= 11 is 0. The van der Waals surface area contributed by atoms with Crippen molar-refractivity contribution in [1.29, 1.82) is 0 Å². The summed E-state index contributed by atoms with van der Waals surface area (Å²) in [5, 5.41) is 0. The van der Waals surface area contributed by atoms with Gasteiger partial charge < -0.3 is 4.43 Å². The molecule has 1 aromatic carbocycles. The summed E-state index contributed by atoms with van der Waals surface area (Å²) in [5.74, 6) is 0. The Balaban J connectivity index is 2.69. The van der Waals surface area contributed by atoms with Crippen LogP contribution in [0.5, 0.6) is 0 Å². The van der Waals surface area contributed by atoms with Gasteiger partial charge in [0, 0.05) is 0 Å². The van der Waals surface area contributed by atoms with Gasteiger partial charge in [0.05, 0.1) is 6.61 Å². The Labute approximate surface area is 64.6 Å². The van der Waals surface area contributed by atoms with Gasteiger partial charge in [-0.1, -0.05) is 29.8 Å². The summed E-state index contributed by atoms with van der Waals surface area (Å²) in [6.07, 6.45) is 0. The molecule has 1 nitrogen and oxygen atoms in total. The minimum Gasteiger partial charge on any atom is -0.424 e. The number of rotatable bonds is 2. The van der Waals surface area contributed by atoms with Crippen LogP contribution in [0.3, 0.4) is 0 Å². The molecule has 1 rings (SSSR count). The minimum absolute atomic E-state index is 0.770. The molecule has 0 amide bonds. The summed E-state index contributed by atoms with van der Waals surface area (Å²) in [4.78, 5) is 0. The van der Waals surface area contributed by atoms with Crippen LogP contribution in [0.25, 0.3) is 0 Å². The third-order valence-electron chi connectivity index (χ3n) is 1.43. The van der Waals surface area contributed by atoms with Crippen molar-refractivity contribution < 1.29 is 4.43 Å². The van der Waals surface area contributed by atoms with Gasteiger partial charge in [0.25, 0.3) is 0 Å². The minimum atomic E-state index is 0.770. The van der Waals surface area contributed by atoms with Gasteiger partial charge in [0.2, 0.25) is 0 Å². The molecule has 0 unspecified atom stereocenters. The lowest BCUT2D eigenvalue weighted by Crippen LogP contribution is -1.87. The first-order valence-corrected chi connectivity index (χ1v) is 4.19. The molecule has 0 N–H and O–H groups in total. The standard InChI is InChI=1S/C8H12OSi/c1-7-2-4-8(5-3-7)6-9-10/h2-5H,6H2,1,10H3. The van der Waals surface area contributed by atoms with E-state index >= 15 is 0 Å². The van der Waals surface area contributed by atoms with Gasteiger partial charge in [0.1, 0.15) is 10.5 Å². The van der Waals surface area contributed by atoms with Crippen LogP contribution in [0, 0.1) is 6.92 Å². The molecule has 2 heteroatoms. The fourth-order valence-corrected chi connectivity index (χ4v) is 1.18. The summed E-state index contributed by atoms with van der Waals surface area (Å²) < 4.78 is 5.11. The van der Waals surface area contributed by atoms with Crippen LogP contribution in [0.2, 0.25) is 0 Å². The Morgan fingerprint density at radius 2 is 1.90 bits per heavy atom. The van der Waals surface area contributed by atoms with Crippen molar-refractivity contribution in [2.24, 2.45) is 0 Å². The average Bonchev–Trinajstić information content (AvgIpc) is 1.95. The van der Waals surface area contributed by atoms with E-state index in [0.29, 0.717) is 0 Å². The van der Waals surface area contributed by atoms with Crippen LogP contribution in [0.15, 0.2) is 24.3 Å². The van der Waals surface area contributed by atoms with Crippen molar-refractivity contribution in [3.8, 4) is 0 Å². The van der Waals surface area contributed by atoms with Gasteiger partial charge in [-0.15, -0.1) is 0 Å². The molecule has 0 heterocycles. The van der Waals surface area contributed by atoms with Crippen molar-refractivity contribution in [1.82, 2.24) is 0 Å². The molecule has 1 aromatic rings. The monoisotopic (exact) mass is 152 g/mol. The van der Waals surface area contributed by atoms with Gasteiger partial charge >= 0.3 is 0 Å². The lowest BCUT2D eigenvalue weighted by atomic mass is 10.2. The van der Waals surface area contributed by atoms with Crippen LogP contribution in [-0.2, 0) is 11.0 Å². The quantitative estimate of drug-likeness (QED) is 0.569. The van der Waals surface area contributed by atoms with E-state index in [9.17, 15) is 0 Å². The predicted molar refractivity (Wildman–Crippen MR) is 45.9 cm³/mol. The van der Waals surface area contributed by atoms with E-state index in [1.807, 2.05) is 0 Å². The number of benzene rings is 1. The Bertz CT molecular complexity index is 193. The maximum Gasteiger partial charge on any atom is 0.146 e. The van der Waals surface area contributed by atoms with Crippen molar-refractivity contribution in [3.05, 3.63) is 35.4 Å². The zero-order valence-electron chi connectivity index (χ0n) is 6.42. The zero-order chi connectivity index (χ0) is 7.40. The van der Waals surface area contributed by atoms with Gasteiger partial charge in [-0.2, -0.15) is 0 Å². The Hall–Kier alpha value is -0.603. The van der Waals surface area contributed by atoms with Crippen LogP contribution in [0.1, 0.15) is 11.1 Å². The van der Waals surface area contributed by atoms with Crippen LogP contribution in [-0.4, -0.2) is 10.5 Å². The summed E-state index contributed by atoms with van der Waals surface area (Å²) in [6.45, 7) is 2.86. The van der Waals surface area contributed by atoms with Crippen molar-refractivity contribution >= 4 is 10.5 Å². The first kappa shape index (κ1) is 7.50. The van der Waals surface area contributed by atoms with E-state index < -0.39 is 0 Å². The molecular formula is C8H12OSi. The fourth-order valence-electron chi connectivity index (χ4n) is 0.851. The Kier molecular flexibility index (Phi) is 2.65. The highest BCUT2D eigenvalue weighted by Crippen LogP contribution is 2.02. The molecule has 0 aliphatic carbocycles. The number of hydrogen-bond donors (Lipinski definition) is 0. The lowest BCUT2D eigenvalue weighted by Gasteiger charge is -1.98. The smallest absolute Gasteiger partial charge is 0.146 e. The third-order valence-corrected chi connectivity index (χ3v) is 1.72. The van der Waals surface area contributed by atoms with Crippen molar-refractivity contribution in [2.45, 2.75) is 13.5 Å². The summed E-state index contributed by atoms with van der Waals surface area (Å²) in [5.41, 5.74) is 2.57. The van der Waals surface area contributed by atoms with E-state index in [1.54, 1.807) is 0 Å². The molecule has 0 saturated heterocycles. The molecule has 0 atom stereocenters. The maximum atomic E-state index is 5.11. The van der Waals surface area contributed by atoms with Crippen molar-refractivity contribution in [3.63, 3.8) is 0 Å². The second kappa shape index (κ2) is 3.54. The molecular weight excluding hydrogens is 140 g/mol. The van der Waals surface area contributed by atoms with E-state index in [1.165, 1.54) is 11.1 Å². The van der Waals surface area contributed by atoms with Crippen molar-refractivity contribution in [2.75, 3.05) is 0 Å². The first-order chi connectivity index (χ1) is 4.83. The highest BCUT2D eigenvalue weighted by atomic mass is 28.2. The van der Waals surface area contributed by atoms with Gasteiger partial charge in [0.15, 0.2) is 0 Å². The van der Waals surface area contributed by atoms with Gasteiger partial charge in [-0.3, -0.25) is 0 Å². The molecule has 0 radical (unpaired) electrons. The van der Waals surface area contributed by atoms with Gasteiger partial charge in [-0.25, -0.2) is 0 Å².